The third-order valence-electron chi connectivity index (χ3n) is 3.32. The number of hydrogen-bond donors (Lipinski definition) is 3. The number of nitrogens with zero attached hydrogens (tertiary/aromatic N) is 2. The van der Waals surface area contributed by atoms with Gasteiger partial charge in [0.2, 0.25) is 5.91 Å². The lowest BCUT2D eigenvalue weighted by Gasteiger charge is -2.23. The monoisotopic (exact) mass is 308 g/mol. The van der Waals surface area contributed by atoms with Crippen molar-refractivity contribution in [2.75, 3.05) is 4.31 Å². The first-order valence-electron chi connectivity index (χ1n) is 6.11. The average molecular weight is 308 g/mol. The molecule has 9 heteroatoms. The van der Waals surface area contributed by atoms with Crippen molar-refractivity contribution in [2.24, 2.45) is 0 Å². The zero-order chi connectivity index (χ0) is 15.0. The van der Waals surface area contributed by atoms with E-state index in [9.17, 15) is 13.2 Å². The van der Waals surface area contributed by atoms with Gasteiger partial charge >= 0.3 is 0 Å². The van der Waals surface area contributed by atoms with E-state index in [0.717, 1.165) is 4.31 Å². The summed E-state index contributed by atoms with van der Waals surface area (Å²) in [4.78, 5) is 11.6. The lowest BCUT2D eigenvalue weighted by Crippen LogP contribution is -2.32. The van der Waals surface area contributed by atoms with Crippen LogP contribution in [0.2, 0.25) is 0 Å². The van der Waals surface area contributed by atoms with Gasteiger partial charge < -0.3 is 0 Å². The fraction of sp³-hybridized carbons (Fsp3) is 0.167. The van der Waals surface area contributed by atoms with Gasteiger partial charge in [-0.3, -0.25) is 15.1 Å². The number of carbonyl (C=O) groups is 1. The number of hydroxylamine groups is 1. The Kier molecular flexibility index (Phi) is 3.15. The first-order chi connectivity index (χ1) is 10.1. The first-order valence-corrected chi connectivity index (χ1v) is 7.55. The van der Waals surface area contributed by atoms with Crippen molar-refractivity contribution in [3.63, 3.8) is 0 Å². The molecule has 2 heterocycles. The van der Waals surface area contributed by atoms with Crippen LogP contribution in [-0.4, -0.2) is 29.7 Å². The molecule has 0 bridgehead atoms. The predicted octanol–water partition coefficient (Wildman–Crippen LogP) is 0.555. The smallest absolute Gasteiger partial charge is 0.266 e. The number of aromatic amines is 1. The zero-order valence-corrected chi connectivity index (χ0v) is 11.5. The van der Waals surface area contributed by atoms with Gasteiger partial charge in [0.15, 0.2) is 0 Å². The van der Waals surface area contributed by atoms with E-state index in [1.807, 2.05) is 0 Å². The summed E-state index contributed by atoms with van der Waals surface area (Å²) < 4.78 is 26.4. The summed E-state index contributed by atoms with van der Waals surface area (Å²) in [7, 11) is -3.77. The van der Waals surface area contributed by atoms with Gasteiger partial charge in [-0.2, -0.15) is 5.10 Å². The van der Waals surface area contributed by atoms with E-state index >= 15 is 0 Å². The van der Waals surface area contributed by atoms with Crippen LogP contribution in [0.5, 0.6) is 0 Å². The molecule has 3 N–H and O–H groups in total. The molecule has 2 aromatic rings. The molecule has 1 amide bonds. The number of carbonyl (C=O) groups excluding carboxylic acids is 1. The largest absolute Gasteiger partial charge is 0.289 e. The number of fused-ring (bicyclic) bond motifs is 1. The van der Waals surface area contributed by atoms with Crippen LogP contribution in [0.3, 0.4) is 0 Å². The van der Waals surface area contributed by atoms with E-state index in [0.29, 0.717) is 5.56 Å². The zero-order valence-electron chi connectivity index (χ0n) is 10.7. The van der Waals surface area contributed by atoms with Crippen molar-refractivity contribution in [3.8, 4) is 0 Å². The van der Waals surface area contributed by atoms with E-state index in [-0.39, 0.29) is 17.1 Å². The SMILES string of the molecule is O=C(CC1c2ccccc2S(=O)(=O)N1c1ccn[nH]1)NO. The minimum atomic E-state index is -3.77. The van der Waals surface area contributed by atoms with Gasteiger partial charge in [0.1, 0.15) is 5.82 Å². The first kappa shape index (κ1) is 13.6. The molecule has 0 fully saturated rings. The van der Waals surface area contributed by atoms with Crippen molar-refractivity contribution in [2.45, 2.75) is 17.4 Å². The minimum Gasteiger partial charge on any atom is -0.289 e. The Morgan fingerprint density at radius 1 is 1.38 bits per heavy atom. The summed E-state index contributed by atoms with van der Waals surface area (Å²) in [6, 6.07) is 7.24. The van der Waals surface area contributed by atoms with E-state index in [4.69, 9.17) is 5.21 Å². The van der Waals surface area contributed by atoms with Crippen molar-refractivity contribution in [1.82, 2.24) is 15.7 Å². The fourth-order valence-electron chi connectivity index (χ4n) is 2.47. The van der Waals surface area contributed by atoms with Gasteiger partial charge in [-0.25, -0.2) is 18.2 Å². The summed E-state index contributed by atoms with van der Waals surface area (Å²) in [5.74, 6) is -0.404. The molecule has 21 heavy (non-hydrogen) atoms. The number of H-pyrrole nitrogens is 1. The Balaban J connectivity index is 2.15. The maximum Gasteiger partial charge on any atom is 0.266 e. The summed E-state index contributed by atoms with van der Waals surface area (Å²) in [6.45, 7) is 0. The highest BCUT2D eigenvalue weighted by Gasteiger charge is 2.44. The maximum absolute atomic E-state index is 12.6. The summed E-state index contributed by atoms with van der Waals surface area (Å²) in [6.07, 6.45) is 1.22. The van der Waals surface area contributed by atoms with Crippen LogP contribution in [0, 0.1) is 0 Å². The number of sulfonamides is 1. The van der Waals surface area contributed by atoms with Crippen molar-refractivity contribution < 1.29 is 18.4 Å². The molecule has 0 saturated heterocycles. The summed E-state index contributed by atoms with van der Waals surface area (Å²) >= 11 is 0. The van der Waals surface area contributed by atoms with Crippen molar-refractivity contribution in [3.05, 3.63) is 42.1 Å². The number of hydrogen-bond acceptors (Lipinski definition) is 5. The standard InChI is InChI=1S/C12H12N4O4S/c17-12(15-18)7-9-8-3-1-2-4-10(8)21(19,20)16(9)11-5-6-13-14-11/h1-6,9,18H,7H2,(H,13,14)(H,15,17). The minimum absolute atomic E-state index is 0.148. The van der Waals surface area contributed by atoms with E-state index in [1.54, 1.807) is 18.2 Å². The number of anilines is 1. The quantitative estimate of drug-likeness (QED) is 0.566. The fourth-order valence-corrected chi connectivity index (χ4v) is 4.32. The Hall–Kier alpha value is -2.39. The van der Waals surface area contributed by atoms with E-state index in [2.05, 4.69) is 10.2 Å². The normalized spacial score (nSPS) is 19.3. The summed E-state index contributed by atoms with van der Waals surface area (Å²) in [5.41, 5.74) is 2.04. The Morgan fingerprint density at radius 2 is 2.14 bits per heavy atom. The predicted molar refractivity (Wildman–Crippen MR) is 72.0 cm³/mol. The second kappa shape index (κ2) is 4.86. The maximum atomic E-state index is 12.6. The number of rotatable bonds is 3. The van der Waals surface area contributed by atoms with Crippen LogP contribution >= 0.6 is 0 Å². The second-order valence-electron chi connectivity index (χ2n) is 4.54. The Bertz CT molecular complexity index is 772. The molecule has 3 rings (SSSR count). The molecule has 110 valence electrons. The third-order valence-corrected chi connectivity index (χ3v) is 5.22. The molecule has 1 aliphatic heterocycles. The number of amides is 1. The summed E-state index contributed by atoms with van der Waals surface area (Å²) in [5, 5.41) is 15.0. The molecule has 1 aliphatic rings. The van der Waals surface area contributed by atoms with Crippen LogP contribution < -0.4 is 9.79 Å². The van der Waals surface area contributed by atoms with Crippen LogP contribution in [0.1, 0.15) is 18.0 Å². The molecule has 1 aromatic heterocycles. The van der Waals surface area contributed by atoms with Crippen molar-refractivity contribution >= 4 is 21.7 Å². The van der Waals surface area contributed by atoms with Gasteiger partial charge in [0, 0.05) is 6.07 Å². The molecule has 8 nitrogen and oxygen atoms in total. The van der Waals surface area contributed by atoms with Gasteiger partial charge in [0.25, 0.3) is 10.0 Å². The number of aromatic nitrogens is 2. The molecule has 1 aromatic carbocycles. The highest BCUT2D eigenvalue weighted by molar-refractivity contribution is 7.93. The lowest BCUT2D eigenvalue weighted by molar-refractivity contribution is -0.129. The van der Waals surface area contributed by atoms with Crippen LogP contribution in [0.15, 0.2) is 41.4 Å². The molecular weight excluding hydrogens is 296 g/mol. The molecule has 0 aliphatic carbocycles. The Morgan fingerprint density at radius 3 is 2.81 bits per heavy atom. The van der Waals surface area contributed by atoms with Crippen molar-refractivity contribution in [1.29, 1.82) is 0 Å². The average Bonchev–Trinajstić information content (AvgIpc) is 3.05. The van der Waals surface area contributed by atoms with E-state index < -0.39 is 22.0 Å². The molecule has 1 atom stereocenters. The molecule has 0 saturated carbocycles. The number of benzene rings is 1. The van der Waals surface area contributed by atoms with Crippen LogP contribution in [0.4, 0.5) is 5.82 Å². The van der Waals surface area contributed by atoms with Crippen LogP contribution in [0.25, 0.3) is 0 Å². The van der Waals surface area contributed by atoms with Gasteiger partial charge in [-0.15, -0.1) is 0 Å². The topological polar surface area (TPSA) is 115 Å². The Labute approximate surface area is 120 Å². The van der Waals surface area contributed by atoms with Crippen LogP contribution in [-0.2, 0) is 14.8 Å². The van der Waals surface area contributed by atoms with Gasteiger partial charge in [-0.1, -0.05) is 18.2 Å². The highest BCUT2D eigenvalue weighted by Crippen LogP contribution is 2.43. The van der Waals surface area contributed by atoms with Gasteiger partial charge in [0.05, 0.1) is 23.6 Å². The second-order valence-corrected chi connectivity index (χ2v) is 6.32. The van der Waals surface area contributed by atoms with Gasteiger partial charge in [-0.05, 0) is 11.6 Å². The highest BCUT2D eigenvalue weighted by atomic mass is 32.2. The lowest BCUT2D eigenvalue weighted by atomic mass is 10.0. The molecule has 0 spiro atoms. The van der Waals surface area contributed by atoms with E-state index in [1.165, 1.54) is 23.8 Å². The third kappa shape index (κ3) is 2.06. The molecule has 0 radical (unpaired) electrons. The number of nitrogens with one attached hydrogen (secondary N) is 2. The molecule has 1 unspecified atom stereocenters. The molecular formula is C12H12N4O4S.